The van der Waals surface area contributed by atoms with E-state index in [1.807, 2.05) is 13.5 Å². The van der Waals surface area contributed by atoms with Gasteiger partial charge < -0.3 is 5.32 Å². The summed E-state index contributed by atoms with van der Waals surface area (Å²) in [6.07, 6.45) is 0. The molecular weight excluding hydrogens is 140 g/mol. The summed E-state index contributed by atoms with van der Waals surface area (Å²) in [6, 6.07) is 0.0637. The quantitative estimate of drug-likeness (QED) is 0.610. The van der Waals surface area contributed by atoms with Crippen LogP contribution in [-0.4, -0.2) is 36.4 Å². The normalized spacial score (nSPS) is 26.9. The minimum absolute atomic E-state index is 0.0637. The van der Waals surface area contributed by atoms with Crippen LogP contribution in [-0.2, 0) is 4.79 Å². The number of carbonyl (C=O) groups excluding carboxylic acids is 1. The Bertz CT molecular complexity index is 147. The summed E-state index contributed by atoms with van der Waals surface area (Å²) in [4.78, 5) is 13.2. The highest BCUT2D eigenvalue weighted by atomic mass is 16.1. The molecule has 0 bridgehead atoms. The maximum atomic E-state index is 11.1. The molecule has 0 aliphatic carbocycles. The van der Waals surface area contributed by atoms with Crippen molar-refractivity contribution >= 4 is 5.78 Å². The lowest BCUT2D eigenvalue weighted by Gasteiger charge is -2.33. The van der Waals surface area contributed by atoms with Gasteiger partial charge in [-0.15, -0.1) is 0 Å². The van der Waals surface area contributed by atoms with Crippen molar-refractivity contribution in [1.82, 2.24) is 10.2 Å². The van der Waals surface area contributed by atoms with Crippen molar-refractivity contribution in [2.75, 3.05) is 19.6 Å². The van der Waals surface area contributed by atoms with Gasteiger partial charge in [-0.25, -0.2) is 0 Å². The first-order valence-electron chi connectivity index (χ1n) is 4.02. The van der Waals surface area contributed by atoms with Crippen LogP contribution < -0.4 is 5.32 Å². The van der Waals surface area contributed by atoms with Crippen LogP contribution in [0.15, 0.2) is 0 Å². The van der Waals surface area contributed by atoms with E-state index in [2.05, 4.69) is 10.2 Å². The Hall–Kier alpha value is -0.410. The summed E-state index contributed by atoms with van der Waals surface area (Å²) in [5, 5.41) is 3.20. The van der Waals surface area contributed by atoms with Crippen LogP contribution in [0.2, 0.25) is 0 Å². The van der Waals surface area contributed by atoms with Crippen LogP contribution in [0.1, 0.15) is 13.8 Å². The predicted octanol–water partition coefficient (Wildman–Crippen LogP) is 0.0309. The molecule has 63 valence electrons. The van der Waals surface area contributed by atoms with Gasteiger partial charge in [0.25, 0.3) is 0 Å². The standard InChI is InChI=1S/C8H15N2O/c1-3-10-5-4-9-6-8(10)7(2)11/h3,8-9H,4-6H2,1-2H3. The van der Waals surface area contributed by atoms with Gasteiger partial charge in [0.2, 0.25) is 0 Å². The summed E-state index contributed by atoms with van der Waals surface area (Å²) >= 11 is 0. The number of rotatable bonds is 2. The van der Waals surface area contributed by atoms with Gasteiger partial charge >= 0.3 is 0 Å². The van der Waals surface area contributed by atoms with Crippen LogP contribution in [0.3, 0.4) is 0 Å². The van der Waals surface area contributed by atoms with Gasteiger partial charge in [-0.3, -0.25) is 9.69 Å². The Morgan fingerprint density at radius 3 is 2.91 bits per heavy atom. The molecule has 1 rings (SSSR count). The average Bonchev–Trinajstić information content (AvgIpc) is 2.04. The topological polar surface area (TPSA) is 32.3 Å². The molecule has 1 aliphatic rings. The average molecular weight is 155 g/mol. The minimum Gasteiger partial charge on any atom is -0.313 e. The molecule has 0 saturated carbocycles. The fourth-order valence-electron chi connectivity index (χ4n) is 1.41. The maximum Gasteiger partial charge on any atom is 0.148 e. The Kier molecular flexibility index (Phi) is 3.02. The van der Waals surface area contributed by atoms with E-state index >= 15 is 0 Å². The Balaban J connectivity index is 2.51. The fourth-order valence-corrected chi connectivity index (χ4v) is 1.41. The van der Waals surface area contributed by atoms with Crippen molar-refractivity contribution in [3.63, 3.8) is 0 Å². The van der Waals surface area contributed by atoms with Gasteiger partial charge in [-0.1, -0.05) is 0 Å². The molecule has 0 spiro atoms. The monoisotopic (exact) mass is 155 g/mol. The zero-order chi connectivity index (χ0) is 8.27. The highest BCUT2D eigenvalue weighted by Gasteiger charge is 2.23. The third-order valence-electron chi connectivity index (χ3n) is 2.09. The van der Waals surface area contributed by atoms with Crippen LogP contribution in [0.25, 0.3) is 0 Å². The van der Waals surface area contributed by atoms with E-state index in [0.717, 1.165) is 19.6 Å². The first kappa shape index (κ1) is 8.68. The van der Waals surface area contributed by atoms with E-state index < -0.39 is 0 Å². The highest BCUT2D eigenvalue weighted by molar-refractivity contribution is 5.81. The number of piperazine rings is 1. The lowest BCUT2D eigenvalue weighted by atomic mass is 10.1. The van der Waals surface area contributed by atoms with Gasteiger partial charge in [-0.2, -0.15) is 0 Å². The molecule has 11 heavy (non-hydrogen) atoms. The molecule has 1 fully saturated rings. The van der Waals surface area contributed by atoms with Crippen LogP contribution in [0, 0.1) is 6.54 Å². The van der Waals surface area contributed by atoms with Crippen LogP contribution in [0.4, 0.5) is 0 Å². The molecule has 0 amide bonds. The van der Waals surface area contributed by atoms with E-state index in [9.17, 15) is 4.79 Å². The van der Waals surface area contributed by atoms with Gasteiger partial charge in [0.05, 0.1) is 6.04 Å². The van der Waals surface area contributed by atoms with E-state index in [0.29, 0.717) is 0 Å². The third kappa shape index (κ3) is 2.01. The van der Waals surface area contributed by atoms with Gasteiger partial charge in [-0.05, 0) is 13.8 Å². The number of Topliss-reactive ketones (excluding diaryl/α,β-unsaturated/α-hetero) is 1. The number of nitrogens with zero attached hydrogens (tertiary/aromatic N) is 1. The highest BCUT2D eigenvalue weighted by Crippen LogP contribution is 2.05. The van der Waals surface area contributed by atoms with Gasteiger partial charge in [0.15, 0.2) is 0 Å². The van der Waals surface area contributed by atoms with Crippen LogP contribution >= 0.6 is 0 Å². The van der Waals surface area contributed by atoms with Crippen molar-refractivity contribution in [1.29, 1.82) is 0 Å². The molecule has 3 nitrogen and oxygen atoms in total. The number of carbonyl (C=O) groups is 1. The van der Waals surface area contributed by atoms with Crippen molar-refractivity contribution in [2.24, 2.45) is 0 Å². The zero-order valence-electron chi connectivity index (χ0n) is 7.13. The third-order valence-corrected chi connectivity index (χ3v) is 2.09. The van der Waals surface area contributed by atoms with Crippen molar-refractivity contribution in [3.05, 3.63) is 6.54 Å². The number of ketones is 1. The van der Waals surface area contributed by atoms with E-state index in [-0.39, 0.29) is 11.8 Å². The Morgan fingerprint density at radius 1 is 1.73 bits per heavy atom. The van der Waals surface area contributed by atoms with E-state index in [1.165, 1.54) is 0 Å². The largest absolute Gasteiger partial charge is 0.313 e. The molecule has 3 heteroatoms. The van der Waals surface area contributed by atoms with Gasteiger partial charge in [0.1, 0.15) is 5.78 Å². The molecule has 1 saturated heterocycles. The number of hydrogen-bond donors (Lipinski definition) is 1. The molecule has 0 aromatic rings. The SMILES string of the molecule is C[CH]N1CCNCC1C(C)=O. The zero-order valence-corrected chi connectivity index (χ0v) is 7.13. The maximum absolute atomic E-state index is 11.1. The molecule has 1 radical (unpaired) electrons. The van der Waals surface area contributed by atoms with E-state index in [1.54, 1.807) is 6.92 Å². The lowest BCUT2D eigenvalue weighted by Crippen LogP contribution is -2.52. The Morgan fingerprint density at radius 2 is 2.45 bits per heavy atom. The first-order valence-corrected chi connectivity index (χ1v) is 4.02. The van der Waals surface area contributed by atoms with Gasteiger partial charge in [0, 0.05) is 26.2 Å². The fraction of sp³-hybridized carbons (Fsp3) is 0.750. The van der Waals surface area contributed by atoms with Crippen molar-refractivity contribution in [3.8, 4) is 0 Å². The summed E-state index contributed by atoms with van der Waals surface area (Å²) in [6.45, 7) is 8.33. The van der Waals surface area contributed by atoms with Crippen LogP contribution in [0.5, 0.6) is 0 Å². The smallest absolute Gasteiger partial charge is 0.148 e. The summed E-state index contributed by atoms with van der Waals surface area (Å²) in [7, 11) is 0. The van der Waals surface area contributed by atoms with Crippen molar-refractivity contribution in [2.45, 2.75) is 19.9 Å². The summed E-state index contributed by atoms with van der Waals surface area (Å²) in [5.41, 5.74) is 0. The second kappa shape index (κ2) is 3.83. The molecule has 0 aromatic heterocycles. The molecule has 1 aliphatic heterocycles. The second-order valence-corrected chi connectivity index (χ2v) is 2.83. The summed E-state index contributed by atoms with van der Waals surface area (Å²) in [5.74, 6) is 0.246. The molecule has 1 unspecified atom stereocenters. The number of hydrogen-bond acceptors (Lipinski definition) is 3. The first-order chi connectivity index (χ1) is 5.25. The minimum atomic E-state index is 0.0637. The summed E-state index contributed by atoms with van der Waals surface area (Å²) < 4.78 is 0. The predicted molar refractivity (Wildman–Crippen MR) is 44.0 cm³/mol. The molecule has 1 heterocycles. The Labute approximate surface area is 67.8 Å². The molecule has 1 N–H and O–H groups in total. The molecular formula is C8H15N2O. The number of nitrogens with one attached hydrogen (secondary N) is 1. The second-order valence-electron chi connectivity index (χ2n) is 2.83. The molecule has 1 atom stereocenters. The lowest BCUT2D eigenvalue weighted by molar-refractivity contribution is -0.122. The van der Waals surface area contributed by atoms with Crippen molar-refractivity contribution < 1.29 is 4.79 Å². The van der Waals surface area contributed by atoms with E-state index in [4.69, 9.17) is 0 Å². The molecule has 0 aromatic carbocycles.